The first-order chi connectivity index (χ1) is 11.0. The first kappa shape index (κ1) is 16.3. The summed E-state index contributed by atoms with van der Waals surface area (Å²) in [6, 6.07) is 5.29. The number of hydrogen-bond donors (Lipinski definition) is 1. The Kier molecular flexibility index (Phi) is 4.64. The second kappa shape index (κ2) is 6.54. The molecule has 3 rings (SSSR count). The van der Waals surface area contributed by atoms with E-state index in [-0.39, 0.29) is 11.8 Å². The van der Waals surface area contributed by atoms with Crippen molar-refractivity contribution in [3.63, 3.8) is 0 Å². The number of allylic oxidation sites excluding steroid dienone is 2. The number of aliphatic carboxylic acids is 1. The number of carboxylic acid groups (broad SMARTS) is 1. The van der Waals surface area contributed by atoms with Gasteiger partial charge in [0.1, 0.15) is 0 Å². The second-order valence-electron chi connectivity index (χ2n) is 6.10. The van der Waals surface area contributed by atoms with Crippen molar-refractivity contribution in [3.05, 3.63) is 46.0 Å². The Labute approximate surface area is 144 Å². The van der Waals surface area contributed by atoms with Crippen LogP contribution in [0.3, 0.4) is 0 Å². The highest BCUT2D eigenvalue weighted by molar-refractivity contribution is 6.42. The van der Waals surface area contributed by atoms with Crippen molar-refractivity contribution in [1.82, 2.24) is 4.90 Å². The van der Waals surface area contributed by atoms with E-state index < -0.39 is 17.8 Å². The Balaban J connectivity index is 1.79. The number of carbonyl (C=O) groups excluding carboxylic acids is 1. The fraction of sp³-hybridized carbons (Fsp3) is 0.412. The lowest BCUT2D eigenvalue weighted by Crippen LogP contribution is -2.49. The van der Waals surface area contributed by atoms with Gasteiger partial charge in [-0.2, -0.15) is 0 Å². The molecule has 6 heteroatoms. The second-order valence-corrected chi connectivity index (χ2v) is 6.91. The molecule has 3 atom stereocenters. The van der Waals surface area contributed by atoms with Crippen LogP contribution in [-0.4, -0.2) is 28.4 Å². The van der Waals surface area contributed by atoms with Crippen LogP contribution in [0.1, 0.15) is 18.4 Å². The molecule has 1 aliphatic heterocycles. The van der Waals surface area contributed by atoms with Crippen LogP contribution in [0.2, 0.25) is 10.0 Å². The Hall–Kier alpha value is -1.52. The molecular weight excluding hydrogens is 337 g/mol. The van der Waals surface area contributed by atoms with E-state index in [1.807, 2.05) is 18.2 Å². The molecule has 0 unspecified atom stereocenters. The monoisotopic (exact) mass is 353 g/mol. The number of nitrogens with zero attached hydrogens (tertiary/aromatic N) is 1. The van der Waals surface area contributed by atoms with Crippen molar-refractivity contribution in [2.45, 2.75) is 19.4 Å². The molecule has 1 aliphatic carbocycles. The lowest BCUT2D eigenvalue weighted by Gasteiger charge is -2.41. The molecule has 1 aromatic carbocycles. The standard InChI is InChI=1S/C17H17Cl2NO3/c18-13-5-4-10(8-14(13)19)9-20-7-6-11-2-1-3-12(17(22)23)15(11)16(20)21/h1-2,4-5,8,11-12,15H,3,6-7,9H2,(H,22,23)/t11-,12-,15-/m0/s1. The maximum Gasteiger partial charge on any atom is 0.307 e. The fourth-order valence-electron chi connectivity index (χ4n) is 3.49. The summed E-state index contributed by atoms with van der Waals surface area (Å²) in [5.74, 6) is -2.04. The van der Waals surface area contributed by atoms with Crippen LogP contribution in [0.4, 0.5) is 0 Å². The predicted octanol–water partition coefficient (Wildman–Crippen LogP) is 3.62. The van der Waals surface area contributed by atoms with Crippen LogP contribution in [0.5, 0.6) is 0 Å². The summed E-state index contributed by atoms with van der Waals surface area (Å²) in [7, 11) is 0. The van der Waals surface area contributed by atoms with E-state index in [0.29, 0.717) is 29.6 Å². The van der Waals surface area contributed by atoms with Gasteiger partial charge in [-0.05, 0) is 36.5 Å². The normalized spacial score (nSPS) is 27.0. The van der Waals surface area contributed by atoms with Crippen molar-refractivity contribution in [2.24, 2.45) is 17.8 Å². The molecule has 122 valence electrons. The van der Waals surface area contributed by atoms with Crippen LogP contribution >= 0.6 is 23.2 Å². The lowest BCUT2D eigenvalue weighted by molar-refractivity contribution is -0.155. The van der Waals surface area contributed by atoms with Gasteiger partial charge in [0, 0.05) is 13.1 Å². The topological polar surface area (TPSA) is 57.6 Å². The van der Waals surface area contributed by atoms with Crippen molar-refractivity contribution in [2.75, 3.05) is 6.54 Å². The lowest BCUT2D eigenvalue weighted by atomic mass is 9.71. The highest BCUT2D eigenvalue weighted by Crippen LogP contribution is 2.38. The van der Waals surface area contributed by atoms with E-state index in [9.17, 15) is 14.7 Å². The van der Waals surface area contributed by atoms with Gasteiger partial charge in [-0.3, -0.25) is 9.59 Å². The number of amides is 1. The van der Waals surface area contributed by atoms with E-state index in [1.165, 1.54) is 0 Å². The number of hydrogen-bond acceptors (Lipinski definition) is 2. The zero-order valence-electron chi connectivity index (χ0n) is 12.4. The number of rotatable bonds is 3. The number of piperidine rings is 1. The Morgan fingerprint density at radius 3 is 2.78 bits per heavy atom. The highest BCUT2D eigenvalue weighted by atomic mass is 35.5. The van der Waals surface area contributed by atoms with E-state index in [4.69, 9.17) is 23.2 Å². The third-order valence-corrected chi connectivity index (χ3v) is 5.41. The van der Waals surface area contributed by atoms with E-state index >= 15 is 0 Å². The van der Waals surface area contributed by atoms with E-state index in [0.717, 1.165) is 12.0 Å². The van der Waals surface area contributed by atoms with Crippen LogP contribution in [0, 0.1) is 17.8 Å². The average molecular weight is 354 g/mol. The van der Waals surface area contributed by atoms with Crippen molar-refractivity contribution in [3.8, 4) is 0 Å². The van der Waals surface area contributed by atoms with Crippen molar-refractivity contribution < 1.29 is 14.7 Å². The fourth-order valence-corrected chi connectivity index (χ4v) is 3.81. The maximum absolute atomic E-state index is 12.8. The van der Waals surface area contributed by atoms with Crippen molar-refractivity contribution in [1.29, 1.82) is 0 Å². The SMILES string of the molecule is O=C(O)[C@H]1CC=C[C@H]2CCN(Cc3ccc(Cl)c(Cl)c3)C(=O)[C@H]12. The quantitative estimate of drug-likeness (QED) is 0.844. The van der Waals surface area contributed by atoms with Gasteiger partial charge in [-0.25, -0.2) is 0 Å². The summed E-state index contributed by atoms with van der Waals surface area (Å²) < 4.78 is 0. The number of carboxylic acids is 1. The van der Waals surface area contributed by atoms with Crippen LogP contribution in [0.25, 0.3) is 0 Å². The molecule has 23 heavy (non-hydrogen) atoms. The summed E-state index contributed by atoms with van der Waals surface area (Å²) in [5, 5.41) is 10.3. The molecule has 1 N–H and O–H groups in total. The summed E-state index contributed by atoms with van der Waals surface area (Å²) in [6.07, 6.45) is 5.10. The number of halogens is 2. The molecule has 0 aromatic heterocycles. The average Bonchev–Trinajstić information content (AvgIpc) is 2.53. The third-order valence-electron chi connectivity index (χ3n) is 4.67. The predicted molar refractivity (Wildman–Crippen MR) is 88.4 cm³/mol. The number of benzene rings is 1. The molecule has 0 bridgehead atoms. The van der Waals surface area contributed by atoms with Gasteiger partial charge in [-0.1, -0.05) is 41.4 Å². The van der Waals surface area contributed by atoms with Gasteiger partial charge < -0.3 is 10.0 Å². The zero-order valence-corrected chi connectivity index (χ0v) is 13.9. The van der Waals surface area contributed by atoms with Gasteiger partial charge in [0.05, 0.1) is 21.9 Å². The molecule has 1 heterocycles. The number of fused-ring (bicyclic) bond motifs is 1. The van der Waals surface area contributed by atoms with Gasteiger partial charge in [-0.15, -0.1) is 0 Å². The van der Waals surface area contributed by atoms with Gasteiger partial charge in [0.25, 0.3) is 0 Å². The zero-order chi connectivity index (χ0) is 16.6. The molecule has 2 aliphatic rings. The maximum atomic E-state index is 12.8. The molecule has 1 saturated heterocycles. The van der Waals surface area contributed by atoms with Crippen LogP contribution in [-0.2, 0) is 16.1 Å². The Morgan fingerprint density at radius 2 is 2.09 bits per heavy atom. The third kappa shape index (κ3) is 3.24. The number of carbonyl (C=O) groups is 2. The molecule has 1 aromatic rings. The summed E-state index contributed by atoms with van der Waals surface area (Å²) >= 11 is 11.9. The minimum absolute atomic E-state index is 0.0300. The Bertz CT molecular complexity index is 674. The first-order valence-corrected chi connectivity index (χ1v) is 8.35. The molecular formula is C17H17Cl2NO3. The summed E-state index contributed by atoms with van der Waals surface area (Å²) in [4.78, 5) is 26.0. The minimum Gasteiger partial charge on any atom is -0.481 e. The molecule has 4 nitrogen and oxygen atoms in total. The largest absolute Gasteiger partial charge is 0.481 e. The molecule has 0 saturated carbocycles. The molecule has 1 fully saturated rings. The summed E-state index contributed by atoms with van der Waals surface area (Å²) in [6.45, 7) is 1.05. The van der Waals surface area contributed by atoms with Crippen LogP contribution < -0.4 is 0 Å². The highest BCUT2D eigenvalue weighted by Gasteiger charge is 2.44. The van der Waals surface area contributed by atoms with Gasteiger partial charge >= 0.3 is 5.97 Å². The first-order valence-electron chi connectivity index (χ1n) is 7.59. The van der Waals surface area contributed by atoms with E-state index in [2.05, 4.69) is 0 Å². The van der Waals surface area contributed by atoms with Crippen LogP contribution in [0.15, 0.2) is 30.4 Å². The molecule has 1 amide bonds. The Morgan fingerprint density at radius 1 is 1.30 bits per heavy atom. The molecule has 0 spiro atoms. The van der Waals surface area contributed by atoms with Gasteiger partial charge in [0.15, 0.2) is 0 Å². The van der Waals surface area contributed by atoms with Gasteiger partial charge in [0.2, 0.25) is 5.91 Å². The minimum atomic E-state index is -0.894. The molecule has 0 radical (unpaired) electrons. The smallest absolute Gasteiger partial charge is 0.307 e. The number of likely N-dealkylation sites (tertiary alicyclic amines) is 1. The summed E-state index contributed by atoms with van der Waals surface area (Å²) in [5.41, 5.74) is 0.893. The van der Waals surface area contributed by atoms with E-state index in [1.54, 1.807) is 17.0 Å². The van der Waals surface area contributed by atoms with Crippen molar-refractivity contribution >= 4 is 35.1 Å².